The number of hydrogen-bond acceptors (Lipinski definition) is 4. The van der Waals surface area contributed by atoms with Gasteiger partial charge in [0.25, 0.3) is 0 Å². The summed E-state index contributed by atoms with van der Waals surface area (Å²) in [6.45, 7) is -0.277. The van der Waals surface area contributed by atoms with E-state index in [0.717, 1.165) is 18.3 Å². The summed E-state index contributed by atoms with van der Waals surface area (Å²) in [5.74, 6) is -1.12. The van der Waals surface area contributed by atoms with Crippen LogP contribution in [0.1, 0.15) is 18.5 Å². The SMILES string of the molecule is O=C(O)CCCNS(=O)(=O)c1cccnc1C(F)(F)F. The first-order valence-corrected chi connectivity index (χ1v) is 6.86. The number of nitrogens with one attached hydrogen (secondary N) is 1. The predicted molar refractivity (Wildman–Crippen MR) is 61.3 cm³/mol. The van der Waals surface area contributed by atoms with Crippen LogP contribution in [0.4, 0.5) is 13.2 Å². The van der Waals surface area contributed by atoms with Gasteiger partial charge in [0.1, 0.15) is 4.90 Å². The first-order valence-electron chi connectivity index (χ1n) is 5.38. The first-order chi connectivity index (χ1) is 9.14. The van der Waals surface area contributed by atoms with Gasteiger partial charge in [0.2, 0.25) is 10.0 Å². The molecule has 2 N–H and O–H groups in total. The average Bonchev–Trinajstić information content (AvgIpc) is 2.33. The molecule has 0 aliphatic rings. The fourth-order valence-corrected chi connectivity index (χ4v) is 2.59. The third-order valence-electron chi connectivity index (χ3n) is 2.19. The number of carboxylic acid groups (broad SMARTS) is 1. The summed E-state index contributed by atoms with van der Waals surface area (Å²) in [6.07, 6.45) is -4.38. The van der Waals surface area contributed by atoms with Crippen LogP contribution < -0.4 is 4.72 Å². The minimum Gasteiger partial charge on any atom is -0.481 e. The molecule has 1 rings (SSSR count). The van der Waals surface area contributed by atoms with E-state index in [0.29, 0.717) is 0 Å². The smallest absolute Gasteiger partial charge is 0.434 e. The lowest BCUT2D eigenvalue weighted by Crippen LogP contribution is -2.28. The molecule has 0 aliphatic carbocycles. The number of alkyl halides is 3. The van der Waals surface area contributed by atoms with Crippen LogP contribution in [0, 0.1) is 0 Å². The molecule has 1 aromatic rings. The van der Waals surface area contributed by atoms with E-state index in [9.17, 15) is 26.4 Å². The maximum atomic E-state index is 12.6. The van der Waals surface area contributed by atoms with E-state index in [1.807, 2.05) is 4.72 Å². The molecule has 0 spiro atoms. The molecule has 0 bridgehead atoms. The van der Waals surface area contributed by atoms with Crippen molar-refractivity contribution in [2.75, 3.05) is 6.54 Å². The normalized spacial score (nSPS) is 12.3. The van der Waals surface area contributed by atoms with Gasteiger partial charge in [-0.3, -0.25) is 9.78 Å². The standard InChI is InChI=1S/C10H11F3N2O4S/c11-10(12,13)9-7(3-1-5-14-9)20(18,19)15-6-2-4-8(16)17/h1,3,5,15H,2,4,6H2,(H,16,17). The van der Waals surface area contributed by atoms with Gasteiger partial charge >= 0.3 is 12.1 Å². The summed E-state index contributed by atoms with van der Waals surface area (Å²) >= 11 is 0. The van der Waals surface area contributed by atoms with Crippen LogP contribution in [0.15, 0.2) is 23.2 Å². The Hall–Kier alpha value is -1.68. The lowest BCUT2D eigenvalue weighted by molar-refractivity contribution is -0.143. The van der Waals surface area contributed by atoms with Gasteiger partial charge in [-0.2, -0.15) is 13.2 Å². The Kier molecular flexibility index (Phi) is 5.06. The summed E-state index contributed by atoms with van der Waals surface area (Å²) in [5.41, 5.74) is -1.51. The van der Waals surface area contributed by atoms with Crippen molar-refractivity contribution in [3.63, 3.8) is 0 Å². The summed E-state index contributed by atoms with van der Waals surface area (Å²) in [5, 5.41) is 8.37. The second kappa shape index (κ2) is 6.18. The van der Waals surface area contributed by atoms with E-state index in [1.54, 1.807) is 0 Å². The number of carboxylic acids is 1. The van der Waals surface area contributed by atoms with E-state index >= 15 is 0 Å². The lowest BCUT2D eigenvalue weighted by atomic mass is 10.3. The highest BCUT2D eigenvalue weighted by atomic mass is 32.2. The zero-order valence-electron chi connectivity index (χ0n) is 10.0. The van der Waals surface area contributed by atoms with Crippen molar-refractivity contribution < 1.29 is 31.5 Å². The summed E-state index contributed by atoms with van der Waals surface area (Å²) in [7, 11) is -4.40. The molecule has 0 aliphatic heterocycles. The molecular formula is C10H11F3N2O4S. The molecule has 0 aromatic carbocycles. The Labute approximate surface area is 112 Å². The van der Waals surface area contributed by atoms with Crippen molar-refractivity contribution in [2.24, 2.45) is 0 Å². The molecule has 6 nitrogen and oxygen atoms in total. The number of aliphatic carboxylic acids is 1. The van der Waals surface area contributed by atoms with Gasteiger partial charge in [0.15, 0.2) is 5.69 Å². The molecule has 112 valence electrons. The summed E-state index contributed by atoms with van der Waals surface area (Å²) < 4.78 is 63.3. The Morgan fingerprint density at radius 1 is 1.40 bits per heavy atom. The molecule has 10 heteroatoms. The van der Waals surface area contributed by atoms with Crippen LogP contribution >= 0.6 is 0 Å². The fraction of sp³-hybridized carbons (Fsp3) is 0.400. The largest absolute Gasteiger partial charge is 0.481 e. The van der Waals surface area contributed by atoms with Gasteiger partial charge in [-0.25, -0.2) is 13.1 Å². The monoisotopic (exact) mass is 312 g/mol. The highest BCUT2D eigenvalue weighted by Gasteiger charge is 2.38. The second-order valence-electron chi connectivity index (χ2n) is 3.74. The highest BCUT2D eigenvalue weighted by molar-refractivity contribution is 7.89. The van der Waals surface area contributed by atoms with Crippen molar-refractivity contribution >= 4 is 16.0 Å². The van der Waals surface area contributed by atoms with Crippen molar-refractivity contribution in [1.82, 2.24) is 9.71 Å². The molecule has 0 amide bonds. The number of pyridine rings is 1. The fourth-order valence-electron chi connectivity index (χ4n) is 1.34. The highest BCUT2D eigenvalue weighted by Crippen LogP contribution is 2.31. The van der Waals surface area contributed by atoms with Gasteiger partial charge in [-0.1, -0.05) is 0 Å². The van der Waals surface area contributed by atoms with Crippen LogP contribution in [0.3, 0.4) is 0 Å². The van der Waals surface area contributed by atoms with Crippen molar-refractivity contribution in [1.29, 1.82) is 0 Å². The molecule has 0 saturated heterocycles. The molecule has 0 radical (unpaired) electrons. The maximum Gasteiger partial charge on any atom is 0.434 e. The Morgan fingerprint density at radius 3 is 2.60 bits per heavy atom. The summed E-state index contributed by atoms with van der Waals surface area (Å²) in [6, 6.07) is 1.86. The van der Waals surface area contributed by atoms with Gasteiger partial charge in [-0.05, 0) is 18.6 Å². The van der Waals surface area contributed by atoms with Crippen LogP contribution in [0.25, 0.3) is 0 Å². The van der Waals surface area contributed by atoms with Crippen molar-refractivity contribution in [2.45, 2.75) is 23.9 Å². The third-order valence-corrected chi connectivity index (χ3v) is 3.68. The number of halogens is 3. The Bertz CT molecular complexity index is 586. The quantitative estimate of drug-likeness (QED) is 0.771. The maximum absolute atomic E-state index is 12.6. The van der Waals surface area contributed by atoms with Crippen LogP contribution in [0.2, 0.25) is 0 Å². The second-order valence-corrected chi connectivity index (χ2v) is 5.48. The summed E-state index contributed by atoms with van der Waals surface area (Å²) in [4.78, 5) is 12.3. The lowest BCUT2D eigenvalue weighted by Gasteiger charge is -2.12. The first kappa shape index (κ1) is 16.4. The molecule has 0 atom stereocenters. The van der Waals surface area contributed by atoms with Crippen LogP contribution in [0.5, 0.6) is 0 Å². The van der Waals surface area contributed by atoms with E-state index in [2.05, 4.69) is 4.98 Å². The Morgan fingerprint density at radius 2 is 2.05 bits per heavy atom. The molecule has 0 unspecified atom stereocenters. The van der Waals surface area contributed by atoms with E-state index < -0.39 is 32.8 Å². The zero-order chi connectivity index (χ0) is 15.4. The molecule has 1 aromatic heterocycles. The predicted octanol–water partition coefficient (Wildman–Crippen LogP) is 1.24. The Balaban J connectivity index is 2.91. The van der Waals surface area contributed by atoms with Crippen molar-refractivity contribution in [3.05, 3.63) is 24.0 Å². The minimum atomic E-state index is -4.90. The van der Waals surface area contributed by atoms with E-state index in [1.165, 1.54) is 0 Å². The van der Waals surface area contributed by atoms with Gasteiger partial charge in [-0.15, -0.1) is 0 Å². The van der Waals surface area contributed by atoms with Gasteiger partial charge in [0.05, 0.1) is 0 Å². The third kappa shape index (κ3) is 4.46. The minimum absolute atomic E-state index is 0.0316. The molecular weight excluding hydrogens is 301 g/mol. The molecule has 0 fully saturated rings. The van der Waals surface area contributed by atoms with E-state index in [4.69, 9.17) is 5.11 Å². The number of nitrogens with zero attached hydrogens (tertiary/aromatic N) is 1. The molecule has 0 saturated carbocycles. The topological polar surface area (TPSA) is 96.4 Å². The van der Waals surface area contributed by atoms with Crippen molar-refractivity contribution in [3.8, 4) is 0 Å². The number of hydrogen-bond donors (Lipinski definition) is 2. The van der Waals surface area contributed by atoms with Gasteiger partial charge in [0, 0.05) is 19.2 Å². The zero-order valence-corrected chi connectivity index (χ0v) is 10.8. The van der Waals surface area contributed by atoms with Crippen LogP contribution in [-0.2, 0) is 21.0 Å². The number of sulfonamides is 1. The van der Waals surface area contributed by atoms with Gasteiger partial charge < -0.3 is 5.11 Å². The number of carbonyl (C=O) groups is 1. The molecule has 1 heterocycles. The number of aromatic nitrogens is 1. The number of rotatable bonds is 6. The molecule has 20 heavy (non-hydrogen) atoms. The van der Waals surface area contributed by atoms with E-state index in [-0.39, 0.29) is 19.4 Å². The van der Waals surface area contributed by atoms with Crippen LogP contribution in [-0.4, -0.2) is 31.0 Å². The average molecular weight is 312 g/mol.